The summed E-state index contributed by atoms with van der Waals surface area (Å²) >= 11 is 1.51. The summed E-state index contributed by atoms with van der Waals surface area (Å²) in [5.41, 5.74) is -0.637. The van der Waals surface area contributed by atoms with Crippen molar-refractivity contribution in [1.82, 2.24) is 5.32 Å². The summed E-state index contributed by atoms with van der Waals surface area (Å²) in [6.07, 6.45) is 1.21. The van der Waals surface area contributed by atoms with Crippen molar-refractivity contribution in [3.05, 3.63) is 0 Å². The summed E-state index contributed by atoms with van der Waals surface area (Å²) in [5.74, 6) is 0.0615. The van der Waals surface area contributed by atoms with E-state index >= 15 is 0 Å². The molecule has 0 aliphatic heterocycles. The number of Topliss-reactive ketones (excluding diaryl/α,β-unsaturated/α-hetero) is 1. The fourth-order valence-electron chi connectivity index (χ4n) is 2.17. The number of nitrogens with one attached hydrogen (secondary N) is 1. The Bertz CT molecular complexity index is 446. The maximum atomic E-state index is 11.8. The molecule has 7 heteroatoms. The Hall–Kier alpha value is -1.24. The highest BCUT2D eigenvalue weighted by Gasteiger charge is 2.36. The van der Waals surface area contributed by atoms with Gasteiger partial charge in [-0.25, -0.2) is 9.59 Å². The highest BCUT2D eigenvalue weighted by atomic mass is 32.2. The van der Waals surface area contributed by atoms with Crippen LogP contribution in [0.5, 0.6) is 0 Å². The molecule has 1 N–H and O–H groups in total. The molecule has 0 radical (unpaired) electrons. The van der Waals surface area contributed by atoms with Crippen LogP contribution in [0.25, 0.3) is 0 Å². The van der Waals surface area contributed by atoms with Gasteiger partial charge in [0, 0.05) is 23.3 Å². The largest absolute Gasteiger partial charge is 0.467 e. The van der Waals surface area contributed by atoms with Gasteiger partial charge >= 0.3 is 12.1 Å². The minimum absolute atomic E-state index is 0.182. The van der Waals surface area contributed by atoms with Crippen LogP contribution in [0.2, 0.25) is 0 Å². The average molecular weight is 331 g/mol. The summed E-state index contributed by atoms with van der Waals surface area (Å²) in [5, 5.41) is 2.54. The van der Waals surface area contributed by atoms with E-state index in [0.29, 0.717) is 18.6 Å². The lowest BCUT2D eigenvalue weighted by Crippen LogP contribution is -2.46. The number of alkyl carbamates (subject to hydrolysis) is 1. The number of ketones is 1. The van der Waals surface area contributed by atoms with Crippen LogP contribution in [0.4, 0.5) is 4.79 Å². The number of carbonyl (C=O) groups is 3. The molecule has 0 aromatic carbocycles. The average Bonchev–Trinajstić information content (AvgIpc) is 2.71. The summed E-state index contributed by atoms with van der Waals surface area (Å²) in [7, 11) is 1.28. The minimum atomic E-state index is -0.794. The quantitative estimate of drug-likeness (QED) is 0.779. The number of ether oxygens (including phenoxy) is 2. The van der Waals surface area contributed by atoms with Crippen LogP contribution in [-0.4, -0.2) is 47.1 Å². The van der Waals surface area contributed by atoms with Crippen molar-refractivity contribution >= 4 is 29.6 Å². The molecule has 126 valence electrons. The third kappa shape index (κ3) is 6.25. The second-order valence-corrected chi connectivity index (χ2v) is 8.31. The predicted octanol–water partition coefficient (Wildman–Crippen LogP) is 2.30. The highest BCUT2D eigenvalue weighted by molar-refractivity contribution is 8.00. The number of hydrogen-bond donors (Lipinski definition) is 1. The smallest absolute Gasteiger partial charge is 0.408 e. The fourth-order valence-corrected chi connectivity index (χ4v) is 3.46. The molecule has 0 bridgehead atoms. The van der Waals surface area contributed by atoms with Crippen LogP contribution in [0.15, 0.2) is 0 Å². The number of methoxy groups -OCH3 is 1. The lowest BCUT2D eigenvalue weighted by Gasteiger charge is -2.26. The first-order valence-corrected chi connectivity index (χ1v) is 8.26. The second kappa shape index (κ2) is 7.35. The second-order valence-electron chi connectivity index (χ2n) is 6.70. The van der Waals surface area contributed by atoms with Gasteiger partial charge in [0.05, 0.1) is 7.11 Å². The Balaban J connectivity index is 2.60. The van der Waals surface area contributed by atoms with Crippen LogP contribution in [0.1, 0.15) is 47.0 Å². The topological polar surface area (TPSA) is 81.7 Å². The van der Waals surface area contributed by atoms with Crippen molar-refractivity contribution in [1.29, 1.82) is 0 Å². The van der Waals surface area contributed by atoms with Gasteiger partial charge in [0.25, 0.3) is 0 Å². The molecule has 0 spiro atoms. The van der Waals surface area contributed by atoms with Crippen LogP contribution >= 0.6 is 11.8 Å². The molecule has 0 saturated heterocycles. The van der Waals surface area contributed by atoms with E-state index in [-0.39, 0.29) is 10.5 Å². The third-order valence-corrected chi connectivity index (χ3v) is 4.82. The molecule has 0 aromatic rings. The van der Waals surface area contributed by atoms with Gasteiger partial charge in [-0.05, 0) is 34.1 Å². The van der Waals surface area contributed by atoms with Gasteiger partial charge in [-0.1, -0.05) is 0 Å². The summed E-state index contributed by atoms with van der Waals surface area (Å²) in [6.45, 7) is 7.25. The Labute approximate surface area is 135 Å². The SMILES string of the molecule is COC(=O)[C@H](CSC1(C)CCC(=O)C1)NC(=O)OC(C)(C)C. The number of esters is 1. The van der Waals surface area contributed by atoms with Crippen molar-refractivity contribution < 1.29 is 23.9 Å². The molecule has 1 unspecified atom stereocenters. The number of amides is 1. The van der Waals surface area contributed by atoms with Crippen LogP contribution in [-0.2, 0) is 19.1 Å². The van der Waals surface area contributed by atoms with Gasteiger partial charge in [0.1, 0.15) is 17.4 Å². The molecule has 2 atom stereocenters. The first-order chi connectivity index (χ1) is 10.0. The zero-order chi connectivity index (χ0) is 17.0. The Morgan fingerprint density at radius 1 is 1.41 bits per heavy atom. The van der Waals surface area contributed by atoms with Crippen molar-refractivity contribution in [3.8, 4) is 0 Å². The highest BCUT2D eigenvalue weighted by Crippen LogP contribution is 2.39. The third-order valence-electron chi connectivity index (χ3n) is 3.28. The Morgan fingerprint density at radius 2 is 2.05 bits per heavy atom. The fraction of sp³-hybridized carbons (Fsp3) is 0.800. The van der Waals surface area contributed by atoms with Gasteiger partial charge in [-0.15, -0.1) is 0 Å². The molecule has 1 amide bonds. The number of carbonyl (C=O) groups excluding carboxylic acids is 3. The molecule has 1 rings (SSSR count). The zero-order valence-corrected chi connectivity index (χ0v) is 14.7. The Kier molecular flexibility index (Phi) is 6.28. The lowest BCUT2D eigenvalue weighted by atomic mass is 10.1. The normalized spacial score (nSPS) is 23.0. The minimum Gasteiger partial charge on any atom is -0.467 e. The molecule has 22 heavy (non-hydrogen) atoms. The maximum Gasteiger partial charge on any atom is 0.408 e. The maximum absolute atomic E-state index is 11.8. The molecular weight excluding hydrogens is 306 g/mol. The summed E-state index contributed by atoms with van der Waals surface area (Å²) in [6, 6.07) is -0.794. The van der Waals surface area contributed by atoms with Crippen molar-refractivity contribution in [2.24, 2.45) is 0 Å². The molecule has 1 fully saturated rings. The zero-order valence-electron chi connectivity index (χ0n) is 13.9. The first-order valence-electron chi connectivity index (χ1n) is 7.28. The van der Waals surface area contributed by atoms with E-state index < -0.39 is 23.7 Å². The molecule has 0 heterocycles. The van der Waals surface area contributed by atoms with E-state index in [1.165, 1.54) is 18.9 Å². The van der Waals surface area contributed by atoms with Gasteiger partial charge < -0.3 is 14.8 Å². The van der Waals surface area contributed by atoms with E-state index in [9.17, 15) is 14.4 Å². The van der Waals surface area contributed by atoms with E-state index in [1.54, 1.807) is 20.8 Å². The van der Waals surface area contributed by atoms with Gasteiger partial charge in [0.2, 0.25) is 0 Å². The number of hydrogen-bond acceptors (Lipinski definition) is 6. The van der Waals surface area contributed by atoms with Crippen molar-refractivity contribution in [2.45, 2.75) is 63.3 Å². The van der Waals surface area contributed by atoms with Crippen LogP contribution in [0, 0.1) is 0 Å². The molecule has 1 aliphatic rings. The molecular formula is C15H25NO5S. The van der Waals surface area contributed by atoms with Gasteiger partial charge in [-0.3, -0.25) is 4.79 Å². The predicted molar refractivity (Wildman–Crippen MR) is 84.9 cm³/mol. The van der Waals surface area contributed by atoms with Crippen molar-refractivity contribution in [2.75, 3.05) is 12.9 Å². The Morgan fingerprint density at radius 3 is 2.50 bits per heavy atom. The first kappa shape index (κ1) is 18.8. The van der Waals surface area contributed by atoms with Crippen molar-refractivity contribution in [3.63, 3.8) is 0 Å². The van der Waals surface area contributed by atoms with E-state index in [2.05, 4.69) is 5.32 Å². The van der Waals surface area contributed by atoms with E-state index in [4.69, 9.17) is 9.47 Å². The van der Waals surface area contributed by atoms with E-state index in [1.807, 2.05) is 6.92 Å². The number of rotatable bonds is 5. The molecule has 1 aliphatic carbocycles. The van der Waals surface area contributed by atoms with Crippen LogP contribution < -0.4 is 5.32 Å². The molecule has 0 aromatic heterocycles. The standard InChI is InChI=1S/C15H25NO5S/c1-14(2,3)21-13(19)16-11(12(18)20-5)9-22-15(4)7-6-10(17)8-15/h11H,6-9H2,1-5H3,(H,16,19)/t11-,15?/m0/s1. The monoisotopic (exact) mass is 331 g/mol. The van der Waals surface area contributed by atoms with Gasteiger partial charge in [0.15, 0.2) is 0 Å². The lowest BCUT2D eigenvalue weighted by molar-refractivity contribution is -0.142. The summed E-state index contributed by atoms with van der Waals surface area (Å²) < 4.78 is 9.70. The van der Waals surface area contributed by atoms with Crippen LogP contribution in [0.3, 0.4) is 0 Å². The number of thioether (sulfide) groups is 1. The summed E-state index contributed by atoms with van der Waals surface area (Å²) in [4.78, 5) is 35.1. The molecule has 1 saturated carbocycles. The van der Waals surface area contributed by atoms with Gasteiger partial charge in [-0.2, -0.15) is 11.8 Å². The van der Waals surface area contributed by atoms with E-state index in [0.717, 1.165) is 6.42 Å². The molecule has 6 nitrogen and oxygen atoms in total.